The zero-order chi connectivity index (χ0) is 25.5. The molecule has 10 nitrogen and oxygen atoms in total. The largest absolute Gasteiger partial charge is 0.387 e. The van der Waals surface area contributed by atoms with Gasteiger partial charge in [-0.2, -0.15) is 15.5 Å². The van der Waals surface area contributed by atoms with Crippen LogP contribution in [-0.2, 0) is 4.79 Å². The number of nitrogens with zero attached hydrogens (tertiary/aromatic N) is 8. The lowest BCUT2D eigenvalue weighted by Crippen LogP contribution is -2.42. The molecule has 1 aliphatic heterocycles. The van der Waals surface area contributed by atoms with Crippen molar-refractivity contribution in [3.05, 3.63) is 66.8 Å². The van der Waals surface area contributed by atoms with Gasteiger partial charge < -0.3 is 14.4 Å². The molecule has 1 saturated heterocycles. The molecule has 11 heteroatoms. The maximum atomic E-state index is 12.1. The normalized spacial score (nSPS) is 15.9. The van der Waals surface area contributed by atoms with Crippen LogP contribution in [0.25, 0.3) is 22.2 Å². The van der Waals surface area contributed by atoms with E-state index < -0.39 is 6.61 Å². The van der Waals surface area contributed by atoms with Gasteiger partial charge in [0.25, 0.3) is 0 Å². The molecule has 0 bridgehead atoms. The van der Waals surface area contributed by atoms with Gasteiger partial charge in [-0.1, -0.05) is 11.8 Å². The number of aliphatic hydroxyl groups excluding tert-OH is 1. The predicted molar refractivity (Wildman–Crippen MR) is 137 cm³/mol. The van der Waals surface area contributed by atoms with Crippen molar-refractivity contribution in [2.24, 2.45) is 0 Å². The van der Waals surface area contributed by atoms with Gasteiger partial charge in [0.15, 0.2) is 0 Å². The average molecular weight is 513 g/mol. The smallest absolute Gasteiger partial charge is 0.248 e. The molecule has 0 radical (unpaired) electrons. The number of pyridine rings is 2. The summed E-state index contributed by atoms with van der Waals surface area (Å²) in [6.45, 7) is 2.74. The second kappa shape index (κ2) is 9.38. The Balaban J connectivity index is 1.41. The molecule has 0 saturated carbocycles. The molecule has 0 unspecified atom stereocenters. The summed E-state index contributed by atoms with van der Waals surface area (Å²) in [6, 6.07) is 8.41. The lowest BCUT2D eigenvalue weighted by molar-refractivity contribution is -0.135. The van der Waals surface area contributed by atoms with Gasteiger partial charge in [0.1, 0.15) is 12.7 Å². The number of piperidine rings is 1. The summed E-state index contributed by atoms with van der Waals surface area (Å²) in [5.74, 6) is -0.248. The van der Waals surface area contributed by atoms with Crippen molar-refractivity contribution >= 4 is 28.7 Å². The van der Waals surface area contributed by atoms with Crippen molar-refractivity contribution in [2.75, 3.05) is 19.7 Å². The van der Waals surface area contributed by atoms with E-state index in [1.165, 1.54) is 0 Å². The highest BCUT2D eigenvalue weighted by Gasteiger charge is 2.27. The Labute approximate surface area is 216 Å². The van der Waals surface area contributed by atoms with E-state index in [0.29, 0.717) is 18.7 Å². The highest BCUT2D eigenvalue weighted by atomic mass is 32.2. The fourth-order valence-corrected chi connectivity index (χ4v) is 6.21. The van der Waals surface area contributed by atoms with Gasteiger partial charge in [0.05, 0.1) is 47.6 Å². The minimum absolute atomic E-state index is 0.0462. The molecule has 0 spiro atoms. The van der Waals surface area contributed by atoms with Crippen LogP contribution in [0, 0.1) is 18.3 Å². The second-order valence-electron chi connectivity index (χ2n) is 9.10. The number of likely N-dealkylation sites (tertiary alicyclic amines) is 1. The second-order valence-corrected chi connectivity index (χ2v) is 10.2. The fourth-order valence-electron chi connectivity index (χ4n) is 5.07. The monoisotopic (exact) mass is 512 g/mol. The Kier molecular flexibility index (Phi) is 5.90. The topological polar surface area (TPSA) is 117 Å². The molecule has 6 heterocycles. The summed E-state index contributed by atoms with van der Waals surface area (Å²) in [5.41, 5.74) is 5.14. The number of rotatable bonds is 5. The third kappa shape index (κ3) is 4.04. The third-order valence-electron chi connectivity index (χ3n) is 6.92. The zero-order valence-corrected chi connectivity index (χ0v) is 21.0. The standard InChI is InChI=1S/C26H24N8O2S/c1-17-21(11-30-34(17)20-4-2-6-31(14-20)25(36)15-35)18-8-24(26-19(9-27)10-29-33(26)13-18)37-23-5-3-7-32-16-28-12-22(23)32/h3,5,7-8,10-13,16,20,35H,2,4,6,14-15H2,1H3/t20-/m0/s1. The molecule has 5 aromatic heterocycles. The summed E-state index contributed by atoms with van der Waals surface area (Å²) in [7, 11) is 0. The number of carbonyl (C=O) groups excluding carboxylic acids is 1. The summed E-state index contributed by atoms with van der Waals surface area (Å²) in [6.07, 6.45) is 12.7. The minimum atomic E-state index is -0.474. The number of fused-ring (bicyclic) bond motifs is 2. The number of amides is 1. The lowest BCUT2D eigenvalue weighted by Gasteiger charge is -2.33. The molecular formula is C26H24N8O2S. The van der Waals surface area contributed by atoms with Crippen molar-refractivity contribution < 1.29 is 9.90 Å². The maximum Gasteiger partial charge on any atom is 0.248 e. The first-order valence-corrected chi connectivity index (χ1v) is 12.8. The van der Waals surface area contributed by atoms with Crippen LogP contribution < -0.4 is 0 Å². The number of imidazole rings is 1. The molecule has 1 aliphatic rings. The predicted octanol–water partition coefficient (Wildman–Crippen LogP) is 3.33. The van der Waals surface area contributed by atoms with Crippen molar-refractivity contribution in [3.63, 3.8) is 0 Å². The fraction of sp³-hybridized carbons (Fsp3) is 0.269. The first kappa shape index (κ1) is 23.3. The van der Waals surface area contributed by atoms with Crippen molar-refractivity contribution in [3.8, 4) is 17.2 Å². The van der Waals surface area contributed by atoms with Gasteiger partial charge in [0, 0.05) is 52.1 Å². The summed E-state index contributed by atoms with van der Waals surface area (Å²) in [4.78, 5) is 20.0. The van der Waals surface area contributed by atoms with Gasteiger partial charge in [-0.15, -0.1) is 0 Å². The Hall–Kier alpha value is -4.14. The van der Waals surface area contributed by atoms with E-state index in [1.54, 1.807) is 33.7 Å². The Morgan fingerprint density at radius 3 is 3.00 bits per heavy atom. The van der Waals surface area contributed by atoms with Crippen molar-refractivity contribution in [1.29, 1.82) is 5.26 Å². The Morgan fingerprint density at radius 2 is 2.16 bits per heavy atom. The van der Waals surface area contributed by atoms with Crippen LogP contribution in [0.2, 0.25) is 0 Å². The van der Waals surface area contributed by atoms with Gasteiger partial charge >= 0.3 is 0 Å². The third-order valence-corrected chi connectivity index (χ3v) is 8.01. The summed E-state index contributed by atoms with van der Waals surface area (Å²) >= 11 is 1.57. The molecule has 0 aromatic carbocycles. The van der Waals surface area contributed by atoms with Crippen molar-refractivity contribution in [2.45, 2.75) is 35.6 Å². The molecule has 5 aromatic rings. The van der Waals surface area contributed by atoms with Gasteiger partial charge in [-0.25, -0.2) is 9.50 Å². The minimum Gasteiger partial charge on any atom is -0.387 e. The summed E-state index contributed by atoms with van der Waals surface area (Å²) < 4.78 is 5.71. The molecule has 0 aliphatic carbocycles. The molecule has 1 atom stereocenters. The van der Waals surface area contributed by atoms with Gasteiger partial charge in [0.2, 0.25) is 5.91 Å². The van der Waals surface area contributed by atoms with Crippen LogP contribution in [0.3, 0.4) is 0 Å². The molecule has 6 rings (SSSR count). The van der Waals surface area contributed by atoms with E-state index >= 15 is 0 Å². The number of aromatic nitrogens is 6. The van der Waals surface area contributed by atoms with Crippen molar-refractivity contribution in [1.82, 2.24) is 33.7 Å². The van der Waals surface area contributed by atoms with Crippen LogP contribution in [0.4, 0.5) is 0 Å². The van der Waals surface area contributed by atoms with Crippen LogP contribution in [-0.4, -0.2) is 64.4 Å². The zero-order valence-electron chi connectivity index (χ0n) is 20.2. The molecule has 1 fully saturated rings. The SMILES string of the molecule is Cc1c(-c2cc(Sc3cccn4cncc34)c3c(C#N)cnn3c2)cnn1[C@H]1CCCN(C(=O)CO)C1. The number of hydrogen-bond acceptors (Lipinski definition) is 7. The van der Waals surface area contributed by atoms with Crippen LogP contribution in [0.1, 0.15) is 30.1 Å². The number of aliphatic hydroxyl groups is 1. The van der Waals surface area contributed by atoms with E-state index in [2.05, 4.69) is 22.2 Å². The Bertz CT molecular complexity index is 1680. The molecular weight excluding hydrogens is 488 g/mol. The van der Waals surface area contributed by atoms with Gasteiger partial charge in [-0.05, 0) is 38.0 Å². The van der Waals surface area contributed by atoms with Gasteiger partial charge in [-0.3, -0.25) is 9.48 Å². The number of nitriles is 1. The van der Waals surface area contributed by atoms with Crippen LogP contribution in [0.5, 0.6) is 0 Å². The maximum absolute atomic E-state index is 12.1. The average Bonchev–Trinajstić information content (AvgIpc) is 3.66. The van der Waals surface area contributed by atoms with E-state index in [0.717, 1.165) is 50.5 Å². The first-order valence-electron chi connectivity index (χ1n) is 12.0. The van der Waals surface area contributed by atoms with E-state index in [-0.39, 0.29) is 11.9 Å². The highest BCUT2D eigenvalue weighted by molar-refractivity contribution is 7.99. The molecule has 186 valence electrons. The van der Waals surface area contributed by atoms with Crippen LogP contribution in [0.15, 0.2) is 65.3 Å². The number of hydrogen-bond donors (Lipinski definition) is 1. The molecule has 1 N–H and O–H groups in total. The van der Waals surface area contributed by atoms with E-state index in [1.807, 2.05) is 52.9 Å². The first-order chi connectivity index (χ1) is 18.1. The summed E-state index contributed by atoms with van der Waals surface area (Å²) in [5, 5.41) is 28.2. The highest BCUT2D eigenvalue weighted by Crippen LogP contribution is 2.38. The number of carbonyl (C=O) groups is 1. The van der Waals surface area contributed by atoms with E-state index in [9.17, 15) is 15.2 Å². The Morgan fingerprint density at radius 1 is 1.27 bits per heavy atom. The molecule has 37 heavy (non-hydrogen) atoms. The lowest BCUT2D eigenvalue weighted by atomic mass is 10.0. The van der Waals surface area contributed by atoms with Crippen LogP contribution >= 0.6 is 11.8 Å². The van der Waals surface area contributed by atoms with E-state index in [4.69, 9.17) is 5.10 Å². The molecule has 1 amide bonds. The quantitative estimate of drug-likeness (QED) is 0.384.